The number of sulfonamides is 1. The van der Waals surface area contributed by atoms with Crippen molar-refractivity contribution in [3.8, 4) is 5.75 Å². The molecule has 2 saturated heterocycles. The number of nitrogens with zero attached hydrogens (tertiary/aromatic N) is 2. The summed E-state index contributed by atoms with van der Waals surface area (Å²) in [5.74, 6) is 1.56. The number of hydrogen-bond acceptors (Lipinski definition) is 4. The highest BCUT2D eigenvalue weighted by atomic mass is 32.2. The predicted octanol–water partition coefficient (Wildman–Crippen LogP) is 3.36. The van der Waals surface area contributed by atoms with Gasteiger partial charge in [0, 0.05) is 19.1 Å². The zero-order valence-corrected chi connectivity index (χ0v) is 16.9. The third-order valence-electron chi connectivity index (χ3n) is 5.69. The highest BCUT2D eigenvalue weighted by Gasteiger charge is 2.32. The molecule has 6 heteroatoms. The van der Waals surface area contributed by atoms with E-state index in [4.69, 9.17) is 4.74 Å². The van der Waals surface area contributed by atoms with E-state index in [0.29, 0.717) is 30.6 Å². The summed E-state index contributed by atoms with van der Waals surface area (Å²) < 4.78 is 33.0. The summed E-state index contributed by atoms with van der Waals surface area (Å²) in [6.45, 7) is 8.59. The zero-order chi connectivity index (χ0) is 18.6. The van der Waals surface area contributed by atoms with Gasteiger partial charge < -0.3 is 9.64 Å². The zero-order valence-electron chi connectivity index (χ0n) is 16.1. The van der Waals surface area contributed by atoms with Crippen molar-refractivity contribution in [3.63, 3.8) is 0 Å². The van der Waals surface area contributed by atoms with Crippen LogP contribution in [0.4, 0.5) is 0 Å². The third-order valence-corrected chi connectivity index (χ3v) is 7.61. The molecular formula is C20H32N2O3S. The number of benzene rings is 1. The summed E-state index contributed by atoms with van der Waals surface area (Å²) in [4.78, 5) is 2.94. The van der Waals surface area contributed by atoms with Crippen LogP contribution >= 0.6 is 0 Å². The molecular weight excluding hydrogens is 348 g/mol. The van der Waals surface area contributed by atoms with Crippen LogP contribution in [0.2, 0.25) is 0 Å². The lowest BCUT2D eigenvalue weighted by atomic mass is 9.95. The quantitative estimate of drug-likeness (QED) is 0.759. The lowest BCUT2D eigenvalue weighted by molar-refractivity contribution is 0.101. The largest absolute Gasteiger partial charge is 0.494 e. The van der Waals surface area contributed by atoms with Crippen LogP contribution in [-0.4, -0.2) is 56.5 Å². The minimum Gasteiger partial charge on any atom is -0.494 e. The Morgan fingerprint density at radius 1 is 1.00 bits per heavy atom. The van der Waals surface area contributed by atoms with Gasteiger partial charge in [0.15, 0.2) is 0 Å². The molecule has 0 amide bonds. The molecule has 0 aromatic heterocycles. The van der Waals surface area contributed by atoms with Crippen molar-refractivity contribution < 1.29 is 13.2 Å². The fourth-order valence-electron chi connectivity index (χ4n) is 3.92. The molecule has 0 bridgehead atoms. The van der Waals surface area contributed by atoms with Crippen molar-refractivity contribution in [2.24, 2.45) is 5.92 Å². The maximum atomic E-state index is 12.9. The van der Waals surface area contributed by atoms with E-state index in [1.807, 2.05) is 6.92 Å². The number of hydrogen-bond donors (Lipinski definition) is 0. The number of likely N-dealkylation sites (tertiary alicyclic amines) is 1. The molecule has 0 unspecified atom stereocenters. The standard InChI is InChI=1S/C20H32N2O3S/c1-3-16-25-19-4-6-20(7-5-19)26(23,24)22-14-10-18(11-15-22)21-12-8-17(2)9-13-21/h4-7,17-18H,3,8-16H2,1-2H3. The average molecular weight is 381 g/mol. The molecule has 1 aromatic carbocycles. The molecule has 26 heavy (non-hydrogen) atoms. The van der Waals surface area contributed by atoms with Gasteiger partial charge >= 0.3 is 0 Å². The van der Waals surface area contributed by atoms with Crippen molar-refractivity contribution in [2.75, 3.05) is 32.8 Å². The molecule has 0 spiro atoms. The normalized spacial score (nSPS) is 21.8. The second kappa shape index (κ2) is 8.72. The highest BCUT2D eigenvalue weighted by molar-refractivity contribution is 7.89. The van der Waals surface area contributed by atoms with Crippen LogP contribution in [0.3, 0.4) is 0 Å². The molecule has 0 aliphatic carbocycles. The summed E-state index contributed by atoms with van der Waals surface area (Å²) in [6.07, 6.45) is 5.34. The first-order valence-corrected chi connectivity index (χ1v) is 11.4. The Kier molecular flexibility index (Phi) is 6.59. The average Bonchev–Trinajstić information content (AvgIpc) is 2.67. The molecule has 3 rings (SSSR count). The van der Waals surface area contributed by atoms with Crippen LogP contribution in [0.1, 0.15) is 46.0 Å². The Bertz CT molecular complexity index is 659. The predicted molar refractivity (Wildman–Crippen MR) is 104 cm³/mol. The molecule has 146 valence electrons. The lowest BCUT2D eigenvalue weighted by Crippen LogP contribution is -2.48. The summed E-state index contributed by atoms with van der Waals surface area (Å²) in [7, 11) is -3.40. The number of ether oxygens (including phenoxy) is 1. The first-order valence-electron chi connectivity index (χ1n) is 9.97. The maximum absolute atomic E-state index is 12.9. The molecule has 0 N–H and O–H groups in total. The Labute approximate surface area is 158 Å². The van der Waals surface area contributed by atoms with Gasteiger partial charge in [-0.3, -0.25) is 0 Å². The van der Waals surface area contributed by atoms with Crippen molar-refractivity contribution in [1.82, 2.24) is 9.21 Å². The fraction of sp³-hybridized carbons (Fsp3) is 0.700. The molecule has 0 radical (unpaired) electrons. The topological polar surface area (TPSA) is 49.9 Å². The van der Waals surface area contributed by atoms with E-state index >= 15 is 0 Å². The minimum atomic E-state index is -3.40. The van der Waals surface area contributed by atoms with Gasteiger partial charge in [-0.05, 0) is 75.4 Å². The number of rotatable bonds is 6. The minimum absolute atomic E-state index is 0.367. The van der Waals surface area contributed by atoms with Gasteiger partial charge in [-0.25, -0.2) is 8.42 Å². The van der Waals surface area contributed by atoms with E-state index in [2.05, 4.69) is 11.8 Å². The molecule has 2 heterocycles. The van der Waals surface area contributed by atoms with Gasteiger partial charge in [-0.1, -0.05) is 13.8 Å². The Hall–Kier alpha value is -1.11. The monoisotopic (exact) mass is 380 g/mol. The third kappa shape index (κ3) is 4.59. The van der Waals surface area contributed by atoms with Gasteiger partial charge in [0.1, 0.15) is 5.75 Å². The van der Waals surface area contributed by atoms with Crippen LogP contribution in [0.15, 0.2) is 29.2 Å². The summed E-state index contributed by atoms with van der Waals surface area (Å²) >= 11 is 0. The second-order valence-corrected chi connectivity index (χ2v) is 9.61. The second-order valence-electron chi connectivity index (χ2n) is 7.67. The van der Waals surface area contributed by atoms with Crippen molar-refractivity contribution in [2.45, 2.75) is 56.9 Å². The van der Waals surface area contributed by atoms with Gasteiger partial charge in [-0.2, -0.15) is 4.31 Å². The smallest absolute Gasteiger partial charge is 0.243 e. The van der Waals surface area contributed by atoms with Gasteiger partial charge in [0.2, 0.25) is 10.0 Å². The summed E-state index contributed by atoms with van der Waals surface area (Å²) in [6, 6.07) is 7.38. The van der Waals surface area contributed by atoms with E-state index in [1.165, 1.54) is 12.8 Å². The van der Waals surface area contributed by atoms with Crippen LogP contribution in [-0.2, 0) is 10.0 Å². The summed E-state index contributed by atoms with van der Waals surface area (Å²) in [5, 5.41) is 0. The van der Waals surface area contributed by atoms with Gasteiger partial charge in [0.25, 0.3) is 0 Å². The van der Waals surface area contributed by atoms with Gasteiger partial charge in [0.05, 0.1) is 11.5 Å². The van der Waals surface area contributed by atoms with E-state index in [0.717, 1.165) is 44.0 Å². The van der Waals surface area contributed by atoms with Crippen LogP contribution in [0.5, 0.6) is 5.75 Å². The van der Waals surface area contributed by atoms with Crippen LogP contribution < -0.4 is 4.74 Å². The van der Waals surface area contributed by atoms with E-state index in [9.17, 15) is 8.42 Å². The van der Waals surface area contributed by atoms with Crippen LogP contribution in [0, 0.1) is 5.92 Å². The number of piperidine rings is 2. The molecule has 5 nitrogen and oxygen atoms in total. The van der Waals surface area contributed by atoms with E-state index < -0.39 is 10.0 Å². The highest BCUT2D eigenvalue weighted by Crippen LogP contribution is 2.27. The van der Waals surface area contributed by atoms with E-state index in [-0.39, 0.29) is 0 Å². The Morgan fingerprint density at radius 3 is 2.19 bits per heavy atom. The Morgan fingerprint density at radius 2 is 1.62 bits per heavy atom. The van der Waals surface area contributed by atoms with Gasteiger partial charge in [-0.15, -0.1) is 0 Å². The first kappa shape index (κ1) is 19.6. The van der Waals surface area contributed by atoms with Crippen LogP contribution in [0.25, 0.3) is 0 Å². The fourth-order valence-corrected chi connectivity index (χ4v) is 5.39. The molecule has 0 atom stereocenters. The molecule has 2 aliphatic rings. The summed E-state index contributed by atoms with van der Waals surface area (Å²) in [5.41, 5.74) is 0. The molecule has 1 aromatic rings. The van der Waals surface area contributed by atoms with Crippen molar-refractivity contribution >= 4 is 10.0 Å². The molecule has 0 saturated carbocycles. The Balaban J connectivity index is 1.57. The molecule has 2 aliphatic heterocycles. The maximum Gasteiger partial charge on any atom is 0.243 e. The first-order chi connectivity index (χ1) is 12.5. The van der Waals surface area contributed by atoms with E-state index in [1.54, 1.807) is 28.6 Å². The molecule has 2 fully saturated rings. The SMILES string of the molecule is CCCOc1ccc(S(=O)(=O)N2CCC(N3CCC(C)CC3)CC2)cc1. The lowest BCUT2D eigenvalue weighted by Gasteiger charge is -2.41. The van der Waals surface area contributed by atoms with Crippen molar-refractivity contribution in [3.05, 3.63) is 24.3 Å². The van der Waals surface area contributed by atoms with Crippen molar-refractivity contribution in [1.29, 1.82) is 0 Å².